The number of hydrogen-bond donors (Lipinski definition) is 8. The fraction of sp³-hybridized carbons (Fsp3) is 0.143. The highest BCUT2D eigenvalue weighted by Crippen LogP contribution is 2.50. The zero-order valence-corrected chi connectivity index (χ0v) is 18.9. The molecule has 5 rings (SSSR count). The van der Waals surface area contributed by atoms with Gasteiger partial charge in [-0.3, -0.25) is 0 Å². The highest BCUT2D eigenvalue weighted by atomic mass is 16.3. The van der Waals surface area contributed by atoms with Crippen molar-refractivity contribution in [2.24, 2.45) is 0 Å². The van der Waals surface area contributed by atoms with Crippen LogP contribution >= 0.6 is 0 Å². The summed E-state index contributed by atoms with van der Waals surface area (Å²) in [6, 6.07) is 14.1. The van der Waals surface area contributed by atoms with E-state index in [-0.39, 0.29) is 58.8 Å². The Morgan fingerprint density at radius 2 is 1.17 bits per heavy atom. The molecule has 0 fully saturated rings. The predicted molar refractivity (Wildman–Crippen MR) is 130 cm³/mol. The van der Waals surface area contributed by atoms with Gasteiger partial charge in [0.15, 0.2) is 23.0 Å². The van der Waals surface area contributed by atoms with E-state index in [4.69, 9.17) is 0 Å². The number of fused-ring (bicyclic) bond motifs is 2. The number of rotatable bonds is 3. The smallest absolute Gasteiger partial charge is 0.157 e. The van der Waals surface area contributed by atoms with Crippen molar-refractivity contribution in [1.29, 1.82) is 0 Å². The van der Waals surface area contributed by atoms with Gasteiger partial charge in [-0.2, -0.15) is 0 Å². The molecule has 1 aliphatic rings. The summed E-state index contributed by atoms with van der Waals surface area (Å²) in [5.74, 6) is -3.05. The molecule has 0 aliphatic heterocycles. The Hall–Kier alpha value is -4.72. The van der Waals surface area contributed by atoms with E-state index in [1.807, 2.05) is 0 Å². The van der Waals surface area contributed by atoms with Gasteiger partial charge in [0.05, 0.1) is 0 Å². The Morgan fingerprint density at radius 1 is 0.556 bits per heavy atom. The van der Waals surface area contributed by atoms with Gasteiger partial charge in [-0.1, -0.05) is 6.07 Å². The van der Waals surface area contributed by atoms with Crippen LogP contribution in [0.4, 0.5) is 0 Å². The summed E-state index contributed by atoms with van der Waals surface area (Å²) in [6.45, 7) is 0. The van der Waals surface area contributed by atoms with Crippen molar-refractivity contribution in [3.8, 4) is 46.0 Å². The fourth-order valence-electron chi connectivity index (χ4n) is 5.23. The van der Waals surface area contributed by atoms with Crippen LogP contribution in [0.25, 0.3) is 0 Å². The second-order valence-corrected chi connectivity index (χ2v) is 9.13. The molecule has 2 atom stereocenters. The Balaban J connectivity index is 1.79. The van der Waals surface area contributed by atoms with Gasteiger partial charge in [-0.25, -0.2) is 0 Å². The molecule has 36 heavy (non-hydrogen) atoms. The summed E-state index contributed by atoms with van der Waals surface area (Å²) in [4.78, 5) is 0. The quantitative estimate of drug-likeness (QED) is 0.197. The summed E-state index contributed by atoms with van der Waals surface area (Å²) < 4.78 is 0. The third kappa shape index (κ3) is 4.02. The minimum absolute atomic E-state index is 0.139. The topological polar surface area (TPSA) is 162 Å². The van der Waals surface area contributed by atoms with E-state index >= 15 is 0 Å². The molecule has 0 radical (unpaired) electrons. The Labute approximate surface area is 205 Å². The molecule has 8 nitrogen and oxygen atoms in total. The van der Waals surface area contributed by atoms with Gasteiger partial charge >= 0.3 is 0 Å². The van der Waals surface area contributed by atoms with Crippen LogP contribution in [-0.2, 0) is 12.8 Å². The number of benzene rings is 4. The van der Waals surface area contributed by atoms with Crippen LogP contribution in [0.1, 0.15) is 45.2 Å². The Kier molecular flexibility index (Phi) is 5.44. The van der Waals surface area contributed by atoms with Gasteiger partial charge in [0.25, 0.3) is 0 Å². The molecule has 0 saturated heterocycles. The van der Waals surface area contributed by atoms with Gasteiger partial charge < -0.3 is 40.9 Å². The molecular formula is C28H24O8. The van der Waals surface area contributed by atoms with Gasteiger partial charge in [0.2, 0.25) is 0 Å². The van der Waals surface area contributed by atoms with E-state index in [1.54, 1.807) is 6.07 Å². The summed E-state index contributed by atoms with van der Waals surface area (Å²) in [7, 11) is 0. The maximum atomic E-state index is 11.0. The van der Waals surface area contributed by atoms with Gasteiger partial charge in [0.1, 0.15) is 23.0 Å². The average molecular weight is 488 g/mol. The zero-order chi connectivity index (χ0) is 25.7. The zero-order valence-electron chi connectivity index (χ0n) is 18.9. The molecule has 0 heterocycles. The van der Waals surface area contributed by atoms with E-state index in [2.05, 4.69) is 0 Å². The Bertz CT molecular complexity index is 1470. The monoisotopic (exact) mass is 488 g/mol. The first kappa shape index (κ1) is 23.0. The lowest BCUT2D eigenvalue weighted by molar-refractivity contribution is 0.401. The first-order valence-electron chi connectivity index (χ1n) is 11.2. The SMILES string of the molecule is Oc1cc(O)cc(C[C@@H]2c3cc(O)c(O)cc3[C@H](c3ccc(O)c(O)c3)Cc3cc(O)cc(O)c32)c1. The van der Waals surface area contributed by atoms with Crippen LogP contribution in [0.15, 0.2) is 60.7 Å². The van der Waals surface area contributed by atoms with Crippen LogP contribution in [0.5, 0.6) is 46.0 Å². The van der Waals surface area contributed by atoms with Crippen molar-refractivity contribution in [3.63, 3.8) is 0 Å². The lowest BCUT2D eigenvalue weighted by Crippen LogP contribution is -2.09. The van der Waals surface area contributed by atoms with E-state index in [1.165, 1.54) is 54.6 Å². The van der Waals surface area contributed by atoms with Gasteiger partial charge in [-0.05, 0) is 83.1 Å². The molecule has 184 valence electrons. The molecule has 1 aliphatic carbocycles. The molecule has 0 saturated carbocycles. The first-order valence-corrected chi connectivity index (χ1v) is 11.2. The second-order valence-electron chi connectivity index (χ2n) is 9.13. The van der Waals surface area contributed by atoms with Crippen molar-refractivity contribution >= 4 is 0 Å². The maximum Gasteiger partial charge on any atom is 0.157 e. The van der Waals surface area contributed by atoms with Gasteiger partial charge in [-0.15, -0.1) is 0 Å². The molecule has 4 aromatic rings. The van der Waals surface area contributed by atoms with Crippen LogP contribution in [0.2, 0.25) is 0 Å². The average Bonchev–Trinajstić information content (AvgIpc) is 2.90. The van der Waals surface area contributed by atoms with E-state index in [9.17, 15) is 40.9 Å². The number of phenols is 8. The van der Waals surface area contributed by atoms with E-state index in [0.29, 0.717) is 33.4 Å². The summed E-state index contributed by atoms with van der Waals surface area (Å²) in [6.07, 6.45) is 0.443. The molecule has 4 aromatic carbocycles. The highest BCUT2D eigenvalue weighted by Gasteiger charge is 2.34. The highest BCUT2D eigenvalue weighted by molar-refractivity contribution is 5.61. The molecule has 0 unspecified atom stereocenters. The molecule has 0 amide bonds. The van der Waals surface area contributed by atoms with Crippen molar-refractivity contribution in [2.75, 3.05) is 0 Å². The van der Waals surface area contributed by atoms with E-state index in [0.717, 1.165) is 0 Å². The van der Waals surface area contributed by atoms with Crippen molar-refractivity contribution in [1.82, 2.24) is 0 Å². The molecule has 8 heteroatoms. The van der Waals surface area contributed by atoms with Crippen molar-refractivity contribution < 1.29 is 40.9 Å². The lowest BCUT2D eigenvalue weighted by Gasteiger charge is -2.23. The summed E-state index contributed by atoms with van der Waals surface area (Å²) >= 11 is 0. The predicted octanol–water partition coefficient (Wildman–Crippen LogP) is 4.39. The number of aromatic hydroxyl groups is 8. The van der Waals surface area contributed by atoms with Gasteiger partial charge in [0, 0.05) is 29.5 Å². The standard InChI is InChI=1S/C28H24O8/c29-16-3-13(4-17(30)9-16)5-22-21-12-26(35)25(34)11-20(21)19(14-1-2-23(32)24(33)8-14)7-15-6-18(31)10-27(36)28(15)22/h1-4,6,8-12,19,22,29-36H,5,7H2/t19-,22+/m0/s1. The third-order valence-corrected chi connectivity index (χ3v) is 6.74. The molecule has 0 spiro atoms. The largest absolute Gasteiger partial charge is 0.508 e. The molecular weight excluding hydrogens is 464 g/mol. The number of hydrogen-bond acceptors (Lipinski definition) is 8. The van der Waals surface area contributed by atoms with Crippen LogP contribution < -0.4 is 0 Å². The van der Waals surface area contributed by atoms with Crippen LogP contribution in [0, 0.1) is 0 Å². The number of phenolic OH excluding ortho intramolecular Hbond substituents is 8. The normalized spacial score (nSPS) is 16.7. The fourth-order valence-corrected chi connectivity index (χ4v) is 5.23. The van der Waals surface area contributed by atoms with E-state index < -0.39 is 11.8 Å². The van der Waals surface area contributed by atoms with Crippen molar-refractivity contribution in [3.05, 3.63) is 94.0 Å². The van der Waals surface area contributed by atoms with Crippen LogP contribution in [-0.4, -0.2) is 40.9 Å². The lowest BCUT2D eigenvalue weighted by atomic mass is 9.81. The second kappa shape index (κ2) is 8.49. The minimum Gasteiger partial charge on any atom is -0.508 e. The first-order chi connectivity index (χ1) is 17.1. The third-order valence-electron chi connectivity index (χ3n) is 6.74. The molecule has 0 bridgehead atoms. The van der Waals surface area contributed by atoms with Crippen molar-refractivity contribution in [2.45, 2.75) is 24.7 Å². The summed E-state index contributed by atoms with van der Waals surface area (Å²) in [5, 5.41) is 82.1. The van der Waals surface area contributed by atoms with Crippen LogP contribution in [0.3, 0.4) is 0 Å². The minimum atomic E-state index is -0.612. The molecule has 8 N–H and O–H groups in total. The Morgan fingerprint density at radius 3 is 1.83 bits per heavy atom. The maximum absolute atomic E-state index is 11.0. The summed E-state index contributed by atoms with van der Waals surface area (Å²) in [5.41, 5.74) is 3.38. The molecule has 0 aromatic heterocycles.